The fourth-order valence-electron chi connectivity index (χ4n) is 1.99. The second kappa shape index (κ2) is 5.64. The first-order valence-corrected chi connectivity index (χ1v) is 7.14. The molecular formula is C11H21N3S. The van der Waals surface area contributed by atoms with Gasteiger partial charge < -0.3 is 11.1 Å². The minimum absolute atomic E-state index is 0.606. The van der Waals surface area contributed by atoms with Crippen LogP contribution in [0.15, 0.2) is 4.99 Å². The van der Waals surface area contributed by atoms with Gasteiger partial charge in [0.2, 0.25) is 0 Å². The van der Waals surface area contributed by atoms with Crippen molar-refractivity contribution in [3.05, 3.63) is 0 Å². The summed E-state index contributed by atoms with van der Waals surface area (Å²) in [5.74, 6) is 4.01. The van der Waals surface area contributed by atoms with Crippen LogP contribution in [0.3, 0.4) is 0 Å². The number of nitrogens with one attached hydrogen (secondary N) is 1. The third-order valence-corrected chi connectivity index (χ3v) is 4.52. The van der Waals surface area contributed by atoms with Gasteiger partial charge in [-0.25, -0.2) is 0 Å². The van der Waals surface area contributed by atoms with Gasteiger partial charge in [0.25, 0.3) is 0 Å². The maximum Gasteiger partial charge on any atom is 0.188 e. The SMILES string of the molecule is NC(=NCC1CCCSC1)NC1CCC1. The van der Waals surface area contributed by atoms with Gasteiger partial charge in [0, 0.05) is 12.6 Å². The topological polar surface area (TPSA) is 50.4 Å². The summed E-state index contributed by atoms with van der Waals surface area (Å²) in [5.41, 5.74) is 5.83. The van der Waals surface area contributed by atoms with Crippen molar-refractivity contribution >= 4 is 17.7 Å². The second-order valence-electron chi connectivity index (χ2n) is 4.58. The van der Waals surface area contributed by atoms with E-state index in [0.29, 0.717) is 12.0 Å². The summed E-state index contributed by atoms with van der Waals surface area (Å²) in [6, 6.07) is 0.606. The zero-order valence-corrected chi connectivity index (χ0v) is 10.1. The molecule has 1 aliphatic heterocycles. The maximum absolute atomic E-state index is 5.83. The van der Waals surface area contributed by atoms with Gasteiger partial charge in [-0.3, -0.25) is 4.99 Å². The summed E-state index contributed by atoms with van der Waals surface area (Å²) in [4.78, 5) is 4.44. The van der Waals surface area contributed by atoms with Crippen molar-refractivity contribution in [1.82, 2.24) is 5.32 Å². The van der Waals surface area contributed by atoms with Crippen LogP contribution in [-0.4, -0.2) is 30.1 Å². The molecule has 15 heavy (non-hydrogen) atoms. The molecule has 1 atom stereocenters. The van der Waals surface area contributed by atoms with E-state index >= 15 is 0 Å². The third kappa shape index (κ3) is 3.59. The van der Waals surface area contributed by atoms with Crippen LogP contribution < -0.4 is 11.1 Å². The van der Waals surface area contributed by atoms with E-state index in [4.69, 9.17) is 5.73 Å². The fourth-order valence-corrected chi connectivity index (χ4v) is 3.13. The number of nitrogens with zero attached hydrogens (tertiary/aromatic N) is 1. The molecule has 2 rings (SSSR count). The Balaban J connectivity index is 1.66. The molecular weight excluding hydrogens is 206 g/mol. The summed E-state index contributed by atoms with van der Waals surface area (Å²) < 4.78 is 0. The molecule has 0 spiro atoms. The number of hydrogen-bond acceptors (Lipinski definition) is 2. The number of rotatable bonds is 3. The molecule has 0 aromatic heterocycles. The van der Waals surface area contributed by atoms with Crippen molar-refractivity contribution in [1.29, 1.82) is 0 Å². The molecule has 3 nitrogen and oxygen atoms in total. The Bertz CT molecular complexity index is 220. The highest BCUT2D eigenvalue weighted by molar-refractivity contribution is 7.99. The van der Waals surface area contributed by atoms with Gasteiger partial charge in [0.05, 0.1) is 0 Å². The van der Waals surface area contributed by atoms with E-state index in [1.54, 1.807) is 0 Å². The van der Waals surface area contributed by atoms with Crippen molar-refractivity contribution in [2.45, 2.75) is 38.1 Å². The number of nitrogens with two attached hydrogens (primary N) is 1. The number of thioether (sulfide) groups is 1. The van der Waals surface area contributed by atoms with Crippen LogP contribution in [0.2, 0.25) is 0 Å². The van der Waals surface area contributed by atoms with E-state index in [9.17, 15) is 0 Å². The zero-order valence-electron chi connectivity index (χ0n) is 9.24. The molecule has 1 saturated heterocycles. The normalized spacial score (nSPS) is 28.5. The first-order valence-electron chi connectivity index (χ1n) is 5.99. The van der Waals surface area contributed by atoms with E-state index in [-0.39, 0.29) is 0 Å². The van der Waals surface area contributed by atoms with Crippen molar-refractivity contribution in [2.75, 3.05) is 18.1 Å². The van der Waals surface area contributed by atoms with Gasteiger partial charge in [-0.2, -0.15) is 11.8 Å². The minimum atomic E-state index is 0.606. The van der Waals surface area contributed by atoms with Crippen LogP contribution in [0.5, 0.6) is 0 Å². The quantitative estimate of drug-likeness (QED) is 0.568. The molecule has 4 heteroatoms. The van der Waals surface area contributed by atoms with E-state index in [1.807, 2.05) is 0 Å². The predicted octanol–water partition coefficient (Wildman–Crippen LogP) is 1.59. The molecule has 1 aliphatic carbocycles. The van der Waals surface area contributed by atoms with Gasteiger partial charge in [-0.1, -0.05) is 0 Å². The standard InChI is InChI=1S/C11H21N3S/c12-11(14-10-4-1-5-10)13-7-9-3-2-6-15-8-9/h9-10H,1-8H2,(H3,12,13,14). The van der Waals surface area contributed by atoms with Crippen molar-refractivity contribution < 1.29 is 0 Å². The molecule has 86 valence electrons. The summed E-state index contributed by atoms with van der Waals surface area (Å²) in [7, 11) is 0. The average Bonchev–Trinajstić information content (AvgIpc) is 2.22. The van der Waals surface area contributed by atoms with Gasteiger partial charge in [-0.15, -0.1) is 0 Å². The highest BCUT2D eigenvalue weighted by atomic mass is 32.2. The predicted molar refractivity (Wildman–Crippen MR) is 67.3 cm³/mol. The molecule has 2 fully saturated rings. The van der Waals surface area contributed by atoms with Crippen molar-refractivity contribution in [3.63, 3.8) is 0 Å². The lowest BCUT2D eigenvalue weighted by molar-refractivity contribution is 0.381. The first kappa shape index (κ1) is 11.1. The Morgan fingerprint density at radius 2 is 2.20 bits per heavy atom. The lowest BCUT2D eigenvalue weighted by atomic mass is 9.93. The monoisotopic (exact) mass is 227 g/mol. The van der Waals surface area contributed by atoms with Gasteiger partial charge in [-0.05, 0) is 49.5 Å². The second-order valence-corrected chi connectivity index (χ2v) is 5.73. The lowest BCUT2D eigenvalue weighted by Crippen LogP contribution is -2.43. The Labute approximate surface area is 96.3 Å². The maximum atomic E-state index is 5.83. The van der Waals surface area contributed by atoms with E-state index in [2.05, 4.69) is 22.1 Å². The van der Waals surface area contributed by atoms with Gasteiger partial charge in [0.1, 0.15) is 0 Å². The molecule has 1 unspecified atom stereocenters. The summed E-state index contributed by atoms with van der Waals surface area (Å²) in [5, 5.41) is 3.28. The Hall–Kier alpha value is -0.380. The summed E-state index contributed by atoms with van der Waals surface area (Å²) in [6.07, 6.45) is 6.53. The Kier molecular flexibility index (Phi) is 4.18. The summed E-state index contributed by atoms with van der Waals surface area (Å²) in [6.45, 7) is 0.915. The molecule has 3 N–H and O–H groups in total. The van der Waals surface area contributed by atoms with Crippen LogP contribution in [0.1, 0.15) is 32.1 Å². The first-order chi connectivity index (χ1) is 7.34. The van der Waals surface area contributed by atoms with E-state index < -0.39 is 0 Å². The molecule has 0 aromatic rings. The molecule has 2 aliphatic rings. The largest absolute Gasteiger partial charge is 0.370 e. The van der Waals surface area contributed by atoms with Crippen LogP contribution in [0.25, 0.3) is 0 Å². The van der Waals surface area contributed by atoms with Gasteiger partial charge in [0.15, 0.2) is 5.96 Å². The third-order valence-electron chi connectivity index (χ3n) is 3.23. The lowest BCUT2D eigenvalue weighted by Gasteiger charge is -2.27. The molecule has 0 radical (unpaired) electrons. The summed E-state index contributed by atoms with van der Waals surface area (Å²) >= 11 is 2.05. The smallest absolute Gasteiger partial charge is 0.188 e. The van der Waals surface area contributed by atoms with E-state index in [1.165, 1.54) is 43.6 Å². The van der Waals surface area contributed by atoms with Crippen molar-refractivity contribution in [2.24, 2.45) is 16.6 Å². The molecule has 0 amide bonds. The number of aliphatic imine (C=N–C) groups is 1. The van der Waals surface area contributed by atoms with Crippen LogP contribution in [-0.2, 0) is 0 Å². The highest BCUT2D eigenvalue weighted by Gasteiger charge is 2.18. The zero-order chi connectivity index (χ0) is 10.5. The molecule has 1 heterocycles. The van der Waals surface area contributed by atoms with Crippen LogP contribution in [0.4, 0.5) is 0 Å². The van der Waals surface area contributed by atoms with E-state index in [0.717, 1.165) is 12.5 Å². The van der Waals surface area contributed by atoms with Crippen LogP contribution >= 0.6 is 11.8 Å². The highest BCUT2D eigenvalue weighted by Crippen LogP contribution is 2.22. The van der Waals surface area contributed by atoms with Gasteiger partial charge >= 0.3 is 0 Å². The van der Waals surface area contributed by atoms with Crippen molar-refractivity contribution in [3.8, 4) is 0 Å². The number of guanidine groups is 1. The Morgan fingerprint density at radius 3 is 2.80 bits per heavy atom. The average molecular weight is 227 g/mol. The molecule has 0 aromatic carbocycles. The van der Waals surface area contributed by atoms with Crippen LogP contribution in [0, 0.1) is 5.92 Å². The fraction of sp³-hybridized carbons (Fsp3) is 0.909. The minimum Gasteiger partial charge on any atom is -0.370 e. The number of hydrogen-bond donors (Lipinski definition) is 2. The molecule has 0 bridgehead atoms. The Morgan fingerprint density at radius 1 is 1.33 bits per heavy atom. The molecule has 1 saturated carbocycles.